The predicted octanol–water partition coefficient (Wildman–Crippen LogP) is 1.65. The largest absolute Gasteiger partial charge is 0.384 e. The highest BCUT2D eigenvalue weighted by molar-refractivity contribution is 6.30. The lowest BCUT2D eigenvalue weighted by Crippen LogP contribution is -2.34. The number of aromatic nitrogens is 2. The summed E-state index contributed by atoms with van der Waals surface area (Å²) in [6.07, 6.45) is 6.41. The molecule has 2 aliphatic heterocycles. The number of nitrogens with zero attached hydrogens (tertiary/aromatic N) is 3. The van der Waals surface area contributed by atoms with Crippen LogP contribution in [0.5, 0.6) is 0 Å². The number of nitrogens with two attached hydrogens (primary N) is 1. The molecule has 2 aromatic rings. The highest BCUT2D eigenvalue weighted by Gasteiger charge is 2.26. The molecule has 0 aliphatic carbocycles. The van der Waals surface area contributed by atoms with Crippen LogP contribution in [-0.2, 0) is 6.54 Å². The number of nitrogens with one attached hydrogen (secondary N) is 2. The molecule has 1 aromatic heterocycles. The minimum Gasteiger partial charge on any atom is -0.384 e. The Hall–Kier alpha value is -2.31. The zero-order valence-corrected chi connectivity index (χ0v) is 14.6. The average Bonchev–Trinajstić information content (AvgIpc) is 3.05. The number of dihydropyridines is 1. The summed E-state index contributed by atoms with van der Waals surface area (Å²) in [4.78, 5) is 10.9. The van der Waals surface area contributed by atoms with Gasteiger partial charge in [-0.15, -0.1) is 0 Å². The van der Waals surface area contributed by atoms with Crippen LogP contribution in [0.1, 0.15) is 12.0 Å². The Morgan fingerprint density at radius 3 is 2.92 bits per heavy atom. The molecule has 7 heteroatoms. The Morgan fingerprint density at radius 2 is 2.12 bits per heavy atom. The zero-order chi connectivity index (χ0) is 17.2. The van der Waals surface area contributed by atoms with E-state index in [9.17, 15) is 0 Å². The van der Waals surface area contributed by atoms with Gasteiger partial charge in [0.15, 0.2) is 0 Å². The van der Waals surface area contributed by atoms with Crippen LogP contribution in [0, 0.1) is 0 Å². The van der Waals surface area contributed by atoms with Gasteiger partial charge in [-0.25, -0.2) is 0 Å². The Bertz CT molecular complexity index is 846. The van der Waals surface area contributed by atoms with E-state index in [1.807, 2.05) is 12.3 Å². The van der Waals surface area contributed by atoms with Gasteiger partial charge in [0.1, 0.15) is 0 Å². The molecule has 1 atom stereocenters. The van der Waals surface area contributed by atoms with Gasteiger partial charge in [-0.1, -0.05) is 17.7 Å². The number of hydrogen-bond donors (Lipinski definition) is 3. The van der Waals surface area contributed by atoms with Crippen molar-refractivity contribution in [1.82, 2.24) is 25.5 Å². The average molecular weight is 357 g/mol. The molecule has 1 fully saturated rings. The van der Waals surface area contributed by atoms with Crippen molar-refractivity contribution in [3.63, 3.8) is 0 Å². The van der Waals surface area contributed by atoms with E-state index in [0.29, 0.717) is 13.1 Å². The first kappa shape index (κ1) is 16.2. The molecule has 0 bridgehead atoms. The van der Waals surface area contributed by atoms with E-state index in [4.69, 9.17) is 17.3 Å². The van der Waals surface area contributed by atoms with Gasteiger partial charge in [0.2, 0.25) is 0 Å². The Morgan fingerprint density at radius 1 is 1.28 bits per heavy atom. The number of likely N-dealkylation sites (tertiary alicyclic amines) is 1. The van der Waals surface area contributed by atoms with E-state index in [1.54, 1.807) is 12.4 Å². The first-order valence-corrected chi connectivity index (χ1v) is 8.85. The third-order valence-corrected chi connectivity index (χ3v) is 4.89. The van der Waals surface area contributed by atoms with E-state index < -0.39 is 0 Å². The minimum atomic E-state index is 0.215. The molecule has 0 amide bonds. The third kappa shape index (κ3) is 3.41. The molecular formula is C18H21ClN6. The van der Waals surface area contributed by atoms with E-state index in [1.165, 1.54) is 0 Å². The lowest BCUT2D eigenvalue weighted by Gasteiger charge is -2.29. The van der Waals surface area contributed by atoms with E-state index >= 15 is 0 Å². The molecule has 0 radical (unpaired) electrons. The van der Waals surface area contributed by atoms with E-state index in [0.717, 1.165) is 52.5 Å². The van der Waals surface area contributed by atoms with Crippen LogP contribution in [0.4, 0.5) is 0 Å². The molecule has 4 rings (SSSR count). The molecule has 1 aromatic carbocycles. The summed E-state index contributed by atoms with van der Waals surface area (Å²) in [5, 5.41) is 7.54. The standard InChI is InChI=1S/C18H21ClN6/c19-14-9-21-10-17(18(14)25-6-3-13(20)11-25)24-8-12-1-2-15-16(7-12)23-5-4-22-15/h1-2,4-5,7,10,13,21,24H,3,6,8-9,11,20H2. The summed E-state index contributed by atoms with van der Waals surface area (Å²) in [6.45, 7) is 3.13. The molecule has 0 saturated carbocycles. The second kappa shape index (κ2) is 6.90. The fourth-order valence-corrected chi connectivity index (χ4v) is 3.62. The van der Waals surface area contributed by atoms with Crippen molar-refractivity contribution >= 4 is 22.6 Å². The van der Waals surface area contributed by atoms with Crippen LogP contribution in [0.3, 0.4) is 0 Å². The van der Waals surface area contributed by atoms with Crippen LogP contribution in [0.15, 0.2) is 53.2 Å². The van der Waals surface area contributed by atoms with Crippen LogP contribution >= 0.6 is 11.6 Å². The number of hydrogen-bond acceptors (Lipinski definition) is 6. The highest BCUT2D eigenvalue weighted by Crippen LogP contribution is 2.26. The fraction of sp³-hybridized carbons (Fsp3) is 0.333. The molecule has 1 saturated heterocycles. The van der Waals surface area contributed by atoms with Crippen molar-refractivity contribution in [2.45, 2.75) is 19.0 Å². The van der Waals surface area contributed by atoms with E-state index in [2.05, 4.69) is 37.6 Å². The van der Waals surface area contributed by atoms with Gasteiger partial charge in [0, 0.05) is 44.3 Å². The van der Waals surface area contributed by atoms with Gasteiger partial charge in [-0.2, -0.15) is 0 Å². The Kier molecular flexibility index (Phi) is 4.46. The summed E-state index contributed by atoms with van der Waals surface area (Å²) in [5.41, 5.74) is 11.1. The molecule has 25 heavy (non-hydrogen) atoms. The van der Waals surface area contributed by atoms with Gasteiger partial charge in [-0.3, -0.25) is 9.97 Å². The maximum Gasteiger partial charge on any atom is 0.0890 e. The molecule has 6 nitrogen and oxygen atoms in total. The van der Waals surface area contributed by atoms with E-state index in [-0.39, 0.29) is 6.04 Å². The molecule has 3 heterocycles. The number of benzene rings is 1. The summed E-state index contributed by atoms with van der Waals surface area (Å²) in [5.74, 6) is 0. The van der Waals surface area contributed by atoms with Crippen molar-refractivity contribution in [3.8, 4) is 0 Å². The Balaban J connectivity index is 1.51. The number of fused-ring (bicyclic) bond motifs is 1. The smallest absolute Gasteiger partial charge is 0.0890 e. The lowest BCUT2D eigenvalue weighted by molar-refractivity contribution is 0.413. The van der Waals surface area contributed by atoms with Gasteiger partial charge >= 0.3 is 0 Å². The molecular weight excluding hydrogens is 336 g/mol. The molecule has 4 N–H and O–H groups in total. The van der Waals surface area contributed by atoms with Crippen molar-refractivity contribution in [3.05, 3.63) is 58.8 Å². The van der Waals surface area contributed by atoms with Crippen LogP contribution in [-0.4, -0.2) is 40.5 Å². The topological polar surface area (TPSA) is 79.1 Å². The summed E-state index contributed by atoms with van der Waals surface area (Å²) in [7, 11) is 0. The van der Waals surface area contributed by atoms with Crippen LogP contribution < -0.4 is 16.4 Å². The SMILES string of the molecule is NC1CCN(C2=C(Cl)CNC=C2NCc2ccc3nccnc3c2)C1. The minimum absolute atomic E-state index is 0.215. The second-order valence-electron chi connectivity index (χ2n) is 6.42. The Labute approximate surface area is 151 Å². The molecule has 2 aliphatic rings. The maximum atomic E-state index is 6.50. The second-order valence-corrected chi connectivity index (χ2v) is 6.88. The third-order valence-electron chi connectivity index (χ3n) is 4.57. The van der Waals surface area contributed by atoms with Crippen LogP contribution in [0.2, 0.25) is 0 Å². The first-order valence-electron chi connectivity index (χ1n) is 8.47. The predicted molar refractivity (Wildman–Crippen MR) is 99.5 cm³/mol. The van der Waals surface area contributed by atoms with Gasteiger partial charge in [0.25, 0.3) is 0 Å². The molecule has 0 spiro atoms. The fourth-order valence-electron chi connectivity index (χ4n) is 3.32. The quantitative estimate of drug-likeness (QED) is 0.773. The first-order chi connectivity index (χ1) is 12.2. The van der Waals surface area contributed by atoms with Gasteiger partial charge in [-0.05, 0) is 24.1 Å². The normalized spacial score (nSPS) is 20.6. The zero-order valence-electron chi connectivity index (χ0n) is 13.9. The van der Waals surface area contributed by atoms with Crippen molar-refractivity contribution in [2.75, 3.05) is 19.6 Å². The van der Waals surface area contributed by atoms with Gasteiger partial charge in [0.05, 0.1) is 34.0 Å². The van der Waals surface area contributed by atoms with Gasteiger partial charge < -0.3 is 21.3 Å². The molecule has 1 unspecified atom stereocenters. The monoisotopic (exact) mass is 356 g/mol. The van der Waals surface area contributed by atoms with Crippen molar-refractivity contribution < 1.29 is 0 Å². The highest BCUT2D eigenvalue weighted by atomic mass is 35.5. The number of halogens is 1. The summed E-state index contributed by atoms with van der Waals surface area (Å²) in [6, 6.07) is 6.34. The summed E-state index contributed by atoms with van der Waals surface area (Å²) >= 11 is 6.50. The number of rotatable bonds is 4. The maximum absolute atomic E-state index is 6.50. The van der Waals surface area contributed by atoms with Crippen molar-refractivity contribution in [2.24, 2.45) is 5.73 Å². The van der Waals surface area contributed by atoms with Crippen LogP contribution in [0.25, 0.3) is 11.0 Å². The lowest BCUT2D eigenvalue weighted by atomic mass is 10.1. The van der Waals surface area contributed by atoms with Crippen molar-refractivity contribution in [1.29, 1.82) is 0 Å². The molecule has 130 valence electrons. The summed E-state index contributed by atoms with van der Waals surface area (Å²) < 4.78 is 0.